The van der Waals surface area contributed by atoms with Crippen LogP contribution in [0, 0.1) is 12.7 Å². The Hall–Kier alpha value is -0.340. The second-order valence-corrected chi connectivity index (χ2v) is 3.73. The van der Waals surface area contributed by atoms with Gasteiger partial charge in [0.25, 0.3) is 0 Å². The summed E-state index contributed by atoms with van der Waals surface area (Å²) in [6.45, 7) is 1.69. The van der Waals surface area contributed by atoms with Gasteiger partial charge in [0, 0.05) is 10.4 Å². The third kappa shape index (κ3) is 2.82. The molecule has 3 heteroatoms. The minimum atomic E-state index is -0.223. The molecule has 1 rings (SSSR count). The zero-order chi connectivity index (χ0) is 9.84. The molecule has 0 aromatic heterocycles. The SMILES string of the molecule is Cc1cc(Cl)c(C=CCBr)cc1F. The van der Waals surface area contributed by atoms with Crippen LogP contribution in [0.4, 0.5) is 4.39 Å². The number of rotatable bonds is 2. The molecule has 0 atom stereocenters. The molecule has 0 bridgehead atoms. The summed E-state index contributed by atoms with van der Waals surface area (Å²) in [5.41, 5.74) is 1.28. The Labute approximate surface area is 90.5 Å². The molecule has 0 heterocycles. The number of benzene rings is 1. The predicted molar refractivity (Wildman–Crippen MR) is 59.0 cm³/mol. The van der Waals surface area contributed by atoms with Crippen molar-refractivity contribution in [1.29, 1.82) is 0 Å². The molecule has 0 fully saturated rings. The minimum Gasteiger partial charge on any atom is -0.207 e. The van der Waals surface area contributed by atoms with Crippen LogP contribution >= 0.6 is 27.5 Å². The third-order valence-electron chi connectivity index (χ3n) is 1.66. The summed E-state index contributed by atoms with van der Waals surface area (Å²) >= 11 is 9.14. The molecule has 0 radical (unpaired) electrons. The van der Waals surface area contributed by atoms with Gasteiger partial charge in [0.05, 0.1) is 0 Å². The Morgan fingerprint density at radius 1 is 1.54 bits per heavy atom. The normalized spacial score (nSPS) is 11.1. The molecule has 0 unspecified atom stereocenters. The summed E-state index contributed by atoms with van der Waals surface area (Å²) < 4.78 is 13.1. The fraction of sp³-hybridized carbons (Fsp3) is 0.200. The van der Waals surface area contributed by atoms with Gasteiger partial charge >= 0.3 is 0 Å². The van der Waals surface area contributed by atoms with Gasteiger partial charge in [-0.3, -0.25) is 0 Å². The van der Waals surface area contributed by atoms with Gasteiger partial charge in [0.15, 0.2) is 0 Å². The lowest BCUT2D eigenvalue weighted by atomic mass is 10.1. The number of aryl methyl sites for hydroxylation is 1. The van der Waals surface area contributed by atoms with E-state index >= 15 is 0 Å². The van der Waals surface area contributed by atoms with E-state index < -0.39 is 0 Å². The van der Waals surface area contributed by atoms with Gasteiger partial charge in [-0.15, -0.1) is 0 Å². The van der Waals surface area contributed by atoms with Crippen LogP contribution in [0.15, 0.2) is 18.2 Å². The van der Waals surface area contributed by atoms with Crippen molar-refractivity contribution in [3.05, 3.63) is 40.2 Å². The monoisotopic (exact) mass is 262 g/mol. The average molecular weight is 264 g/mol. The van der Waals surface area contributed by atoms with Gasteiger partial charge < -0.3 is 0 Å². The summed E-state index contributed by atoms with van der Waals surface area (Å²) in [7, 11) is 0. The molecule has 0 aliphatic heterocycles. The summed E-state index contributed by atoms with van der Waals surface area (Å²) in [5, 5.41) is 1.31. The molecule has 1 aromatic rings. The largest absolute Gasteiger partial charge is 0.207 e. The van der Waals surface area contributed by atoms with E-state index in [4.69, 9.17) is 11.6 Å². The topological polar surface area (TPSA) is 0 Å². The van der Waals surface area contributed by atoms with Crippen LogP contribution in [0.3, 0.4) is 0 Å². The summed E-state index contributed by atoms with van der Waals surface area (Å²) in [4.78, 5) is 0. The van der Waals surface area contributed by atoms with E-state index in [1.54, 1.807) is 19.1 Å². The van der Waals surface area contributed by atoms with Gasteiger partial charge in [-0.1, -0.05) is 39.7 Å². The molecule has 1 aromatic carbocycles. The van der Waals surface area contributed by atoms with Crippen LogP contribution in [-0.2, 0) is 0 Å². The number of hydrogen-bond donors (Lipinski definition) is 0. The van der Waals surface area contributed by atoms with Crippen LogP contribution in [0.1, 0.15) is 11.1 Å². The van der Waals surface area contributed by atoms with Crippen LogP contribution in [0.25, 0.3) is 6.08 Å². The van der Waals surface area contributed by atoms with Gasteiger partial charge in [-0.05, 0) is 30.2 Å². The number of alkyl halides is 1. The van der Waals surface area contributed by atoms with E-state index in [9.17, 15) is 4.39 Å². The summed E-state index contributed by atoms with van der Waals surface area (Å²) in [6, 6.07) is 3.07. The molecule has 0 aliphatic rings. The summed E-state index contributed by atoms with van der Waals surface area (Å²) in [6.07, 6.45) is 3.66. The van der Waals surface area contributed by atoms with Crippen LogP contribution < -0.4 is 0 Å². The lowest BCUT2D eigenvalue weighted by Gasteiger charge is -2.01. The molecular formula is C10H9BrClF. The lowest BCUT2D eigenvalue weighted by molar-refractivity contribution is 0.618. The van der Waals surface area contributed by atoms with Gasteiger partial charge in [0.1, 0.15) is 5.82 Å². The standard InChI is InChI=1S/C10H9BrClF/c1-7-5-9(12)8(3-2-4-11)6-10(7)13/h2-3,5-6H,4H2,1H3. The smallest absolute Gasteiger partial charge is 0.126 e. The highest BCUT2D eigenvalue weighted by atomic mass is 79.9. The first-order valence-electron chi connectivity index (χ1n) is 3.83. The van der Waals surface area contributed by atoms with Crippen molar-refractivity contribution in [1.82, 2.24) is 0 Å². The first kappa shape index (κ1) is 10.7. The highest BCUT2D eigenvalue weighted by Crippen LogP contribution is 2.21. The molecule has 0 spiro atoms. The highest BCUT2D eigenvalue weighted by Gasteiger charge is 2.02. The number of halogens is 3. The van der Waals surface area contributed by atoms with Gasteiger partial charge in [0.2, 0.25) is 0 Å². The predicted octanol–water partition coefficient (Wildman–Crippen LogP) is 4.20. The number of allylic oxidation sites excluding steroid dienone is 1. The van der Waals surface area contributed by atoms with Crippen LogP contribution in [0.2, 0.25) is 5.02 Å². The minimum absolute atomic E-state index is 0.223. The zero-order valence-corrected chi connectivity index (χ0v) is 9.49. The van der Waals surface area contributed by atoms with E-state index in [0.717, 1.165) is 5.33 Å². The van der Waals surface area contributed by atoms with E-state index in [0.29, 0.717) is 16.1 Å². The first-order chi connectivity index (χ1) is 6.15. The number of hydrogen-bond acceptors (Lipinski definition) is 0. The van der Waals surface area contributed by atoms with Crippen LogP contribution in [0.5, 0.6) is 0 Å². The van der Waals surface area contributed by atoms with E-state index in [1.165, 1.54) is 6.07 Å². The maximum absolute atomic E-state index is 13.1. The van der Waals surface area contributed by atoms with Crippen molar-refractivity contribution in [2.45, 2.75) is 6.92 Å². The highest BCUT2D eigenvalue weighted by molar-refractivity contribution is 9.09. The molecule has 0 amide bonds. The van der Waals surface area contributed by atoms with E-state index in [2.05, 4.69) is 15.9 Å². The van der Waals surface area contributed by atoms with E-state index in [1.807, 2.05) is 6.08 Å². The van der Waals surface area contributed by atoms with Crippen molar-refractivity contribution < 1.29 is 4.39 Å². The molecule has 13 heavy (non-hydrogen) atoms. The Kier molecular flexibility index (Phi) is 3.94. The summed E-state index contributed by atoms with van der Waals surface area (Å²) in [5.74, 6) is -0.223. The fourth-order valence-electron chi connectivity index (χ4n) is 0.961. The maximum atomic E-state index is 13.1. The first-order valence-corrected chi connectivity index (χ1v) is 5.33. The molecule has 0 N–H and O–H groups in total. The fourth-order valence-corrected chi connectivity index (χ4v) is 1.43. The molecule has 0 aliphatic carbocycles. The Bertz CT molecular complexity index is 334. The average Bonchev–Trinajstić information content (AvgIpc) is 2.09. The maximum Gasteiger partial charge on any atom is 0.126 e. The van der Waals surface area contributed by atoms with Crippen molar-refractivity contribution >= 4 is 33.6 Å². The Morgan fingerprint density at radius 2 is 2.23 bits per heavy atom. The molecule has 0 nitrogen and oxygen atoms in total. The molecular weight excluding hydrogens is 254 g/mol. The molecule has 70 valence electrons. The Balaban J connectivity index is 3.08. The van der Waals surface area contributed by atoms with Crippen molar-refractivity contribution in [3.8, 4) is 0 Å². The second-order valence-electron chi connectivity index (χ2n) is 2.68. The van der Waals surface area contributed by atoms with Crippen molar-refractivity contribution in [2.75, 3.05) is 5.33 Å². The molecule has 0 saturated heterocycles. The zero-order valence-electron chi connectivity index (χ0n) is 7.15. The van der Waals surface area contributed by atoms with Gasteiger partial charge in [-0.2, -0.15) is 0 Å². The van der Waals surface area contributed by atoms with Gasteiger partial charge in [-0.25, -0.2) is 4.39 Å². The Morgan fingerprint density at radius 3 is 2.85 bits per heavy atom. The van der Waals surface area contributed by atoms with Crippen molar-refractivity contribution in [2.24, 2.45) is 0 Å². The van der Waals surface area contributed by atoms with E-state index in [-0.39, 0.29) is 5.82 Å². The quantitative estimate of drug-likeness (QED) is 0.702. The lowest BCUT2D eigenvalue weighted by Crippen LogP contribution is -1.85. The van der Waals surface area contributed by atoms with Crippen LogP contribution in [-0.4, -0.2) is 5.33 Å². The molecule has 0 saturated carbocycles. The third-order valence-corrected chi connectivity index (χ3v) is 2.37. The van der Waals surface area contributed by atoms with Crippen molar-refractivity contribution in [3.63, 3.8) is 0 Å². The second kappa shape index (κ2) is 4.77.